The minimum Gasteiger partial charge on any atom is -0.432 e. The van der Waals surface area contributed by atoms with E-state index >= 15 is 0 Å². The lowest BCUT2D eigenvalue weighted by molar-refractivity contribution is -0.355. The van der Waals surface area contributed by atoms with Crippen LogP contribution in [0.2, 0.25) is 0 Å². The molecule has 5 saturated heterocycles. The monoisotopic (exact) mass is 1220 g/mol. The molecule has 10 aliphatic rings. The Kier molecular flexibility index (Phi) is 19.0. The van der Waals surface area contributed by atoms with E-state index in [-0.39, 0.29) is 46.0 Å². The van der Waals surface area contributed by atoms with Gasteiger partial charge in [0.1, 0.15) is 104 Å². The van der Waals surface area contributed by atoms with Crippen LogP contribution in [0.1, 0.15) is 120 Å². The summed E-state index contributed by atoms with van der Waals surface area (Å²) in [6.07, 6.45) is -29.2. The first kappa shape index (κ1) is 66.2. The number of hydrogen-bond acceptors (Lipinski definition) is 26. The summed E-state index contributed by atoms with van der Waals surface area (Å²) < 4.78 is 60.2. The number of allylic oxidation sites excluding steroid dienone is 2. The Bertz CT molecular complexity index is 2370. The highest BCUT2D eigenvalue weighted by atomic mass is 16.8. The Morgan fingerprint density at radius 2 is 1.07 bits per heavy atom. The summed E-state index contributed by atoms with van der Waals surface area (Å²) in [5.74, 6) is -0.777. The van der Waals surface area contributed by atoms with Gasteiger partial charge in [-0.25, -0.2) is 0 Å². The lowest BCUT2D eigenvalue weighted by atomic mass is 9.33. The SMILES string of the molecule is CC1OC(OC2C(C)OC(OCC3OC(OC4CCC5(C)C(CCC6(C)C5CC=C5C7CC(C)(C)CCC7(C(=O)OC7OC(CO)C(O)C(O)C7O)CCC56C)C4(C)CO)C(O)C3OC3OC(CO)C(O)C(O)C3O)C(O)C2O)C(O)C(O)C1O. The van der Waals surface area contributed by atoms with Crippen molar-refractivity contribution in [3.8, 4) is 0 Å². The first-order chi connectivity index (χ1) is 39.9. The molecule has 0 radical (unpaired) electrons. The largest absolute Gasteiger partial charge is 0.432 e. The minimum atomic E-state index is -1.88. The smallest absolute Gasteiger partial charge is 0.315 e. The predicted molar refractivity (Wildman–Crippen MR) is 288 cm³/mol. The van der Waals surface area contributed by atoms with Gasteiger partial charge in [-0.3, -0.25) is 4.79 Å². The van der Waals surface area contributed by atoms with Crippen LogP contribution in [-0.2, 0) is 52.2 Å². The van der Waals surface area contributed by atoms with Crippen molar-refractivity contribution >= 4 is 5.97 Å². The van der Waals surface area contributed by atoms with Gasteiger partial charge in [0.2, 0.25) is 6.29 Å². The maximum absolute atomic E-state index is 14.8. The molecular weight excluding hydrogens is 1120 g/mol. The van der Waals surface area contributed by atoms with Gasteiger partial charge in [0.15, 0.2) is 25.2 Å². The van der Waals surface area contributed by atoms with Crippen molar-refractivity contribution in [2.24, 2.45) is 50.2 Å². The molecule has 9 fully saturated rings. The summed E-state index contributed by atoms with van der Waals surface area (Å²) >= 11 is 0. The lowest BCUT2D eigenvalue weighted by Crippen LogP contribution is -2.66. The number of carbonyl (C=O) groups is 1. The number of rotatable bonds is 14. The zero-order chi connectivity index (χ0) is 62.0. The van der Waals surface area contributed by atoms with E-state index in [2.05, 4.69) is 40.7 Å². The van der Waals surface area contributed by atoms with E-state index in [9.17, 15) is 81.4 Å². The van der Waals surface area contributed by atoms with Crippen LogP contribution >= 0.6 is 0 Å². The van der Waals surface area contributed by atoms with Gasteiger partial charge in [-0.1, -0.05) is 53.2 Å². The van der Waals surface area contributed by atoms with E-state index in [0.717, 1.165) is 12.8 Å². The van der Waals surface area contributed by atoms with Crippen LogP contribution in [0.5, 0.6) is 0 Å². The zero-order valence-corrected chi connectivity index (χ0v) is 49.8. The fourth-order valence-corrected chi connectivity index (χ4v) is 17.6. The van der Waals surface area contributed by atoms with Crippen LogP contribution < -0.4 is 0 Å². The lowest BCUT2D eigenvalue weighted by Gasteiger charge is -2.71. The number of fused-ring (bicyclic) bond motifs is 7. The molecule has 0 amide bonds. The van der Waals surface area contributed by atoms with Crippen molar-refractivity contribution in [2.45, 2.75) is 273 Å². The number of aliphatic hydroxyl groups is 15. The molecule has 15 N–H and O–H groups in total. The third-order valence-corrected chi connectivity index (χ3v) is 23.2. The molecule has 5 heterocycles. The Balaban J connectivity index is 0.865. The van der Waals surface area contributed by atoms with E-state index in [4.69, 9.17) is 47.4 Å². The second-order valence-electron chi connectivity index (χ2n) is 28.4. The summed E-state index contributed by atoms with van der Waals surface area (Å²) in [5.41, 5.74) is -1.83. The average molecular weight is 1220 g/mol. The molecule has 5 aliphatic carbocycles. The number of carbonyl (C=O) groups excluding carboxylic acids is 1. The fourth-order valence-electron chi connectivity index (χ4n) is 17.6. The fraction of sp³-hybridized carbons (Fsp3) is 0.949. The zero-order valence-electron chi connectivity index (χ0n) is 49.8. The quantitative estimate of drug-likeness (QED) is 0.0629. The van der Waals surface area contributed by atoms with Gasteiger partial charge in [-0.2, -0.15) is 0 Å². The van der Waals surface area contributed by atoms with Gasteiger partial charge in [0, 0.05) is 5.41 Å². The van der Waals surface area contributed by atoms with Gasteiger partial charge in [-0.05, 0) is 117 Å². The molecule has 0 bridgehead atoms. The Morgan fingerprint density at radius 3 is 1.71 bits per heavy atom. The van der Waals surface area contributed by atoms with Crippen LogP contribution in [0.3, 0.4) is 0 Å². The van der Waals surface area contributed by atoms with E-state index < -0.39 is 190 Å². The average Bonchev–Trinajstić information content (AvgIpc) is 0.949. The molecule has 5 aliphatic heterocycles. The topological polar surface area (TPSA) is 413 Å². The summed E-state index contributed by atoms with van der Waals surface area (Å²) in [4.78, 5) is 14.8. The highest BCUT2D eigenvalue weighted by molar-refractivity contribution is 5.79. The van der Waals surface area contributed by atoms with Crippen LogP contribution in [0.4, 0.5) is 0 Å². The van der Waals surface area contributed by atoms with Crippen molar-refractivity contribution in [1.82, 2.24) is 0 Å². The third kappa shape index (κ3) is 11.0. The van der Waals surface area contributed by atoms with Crippen molar-refractivity contribution in [3.05, 3.63) is 11.6 Å². The summed E-state index contributed by atoms with van der Waals surface area (Å²) in [6, 6.07) is 0. The van der Waals surface area contributed by atoms with Crippen molar-refractivity contribution in [3.63, 3.8) is 0 Å². The van der Waals surface area contributed by atoms with Crippen LogP contribution in [0, 0.1) is 50.2 Å². The molecule has 0 spiro atoms. The Hall–Kier alpha value is -1.75. The van der Waals surface area contributed by atoms with Crippen molar-refractivity contribution in [2.75, 3.05) is 26.4 Å². The van der Waals surface area contributed by atoms with E-state index in [1.165, 1.54) is 19.4 Å². The third-order valence-electron chi connectivity index (χ3n) is 23.2. The standard InChI is InChI=1S/C59H96O26/c1-24-34(63)37(66)41(70)49(77-24)83-46-25(2)78-48(44(73)40(46)69)76-22-30-47(84-50-42(71)38(67)35(64)28(20-60)79-50)45(74)52(81-30)82-33-12-13-55(5)31(56(33,6)23-62)11-14-58(8)32(55)10-9-26-27-19-54(3,4)15-17-59(27,18-16-57(26,58)7)53(75)85-51-43(72)39(68)36(65)29(21-61)80-51/h9,24-25,27-52,60-74H,10-23H2,1-8H3. The molecule has 26 nitrogen and oxygen atoms in total. The van der Waals surface area contributed by atoms with Crippen LogP contribution in [0.15, 0.2) is 11.6 Å². The molecule has 4 saturated carbocycles. The van der Waals surface area contributed by atoms with Crippen LogP contribution in [-0.4, -0.2) is 263 Å². The first-order valence-electron chi connectivity index (χ1n) is 30.6. The second kappa shape index (κ2) is 24.4. The maximum atomic E-state index is 14.8. The predicted octanol–water partition coefficient (Wildman–Crippen LogP) is -2.54. The van der Waals surface area contributed by atoms with Gasteiger partial charge in [0.05, 0.1) is 50.2 Å². The molecule has 10 rings (SSSR count). The van der Waals surface area contributed by atoms with E-state index in [1.807, 2.05) is 6.92 Å². The highest BCUT2D eigenvalue weighted by Crippen LogP contribution is 2.76. The normalized spacial score (nSPS) is 55.1. The van der Waals surface area contributed by atoms with E-state index in [0.29, 0.717) is 51.4 Å². The minimum absolute atomic E-state index is 0.105. The molecule has 26 heteroatoms. The molecule has 0 aromatic heterocycles. The summed E-state index contributed by atoms with van der Waals surface area (Å²) in [5, 5.41) is 162. The van der Waals surface area contributed by atoms with Gasteiger partial charge >= 0.3 is 5.97 Å². The number of aliphatic hydroxyl groups excluding tert-OH is 15. The van der Waals surface area contributed by atoms with Crippen LogP contribution in [0.25, 0.3) is 0 Å². The van der Waals surface area contributed by atoms with Gasteiger partial charge in [0.25, 0.3) is 0 Å². The summed E-state index contributed by atoms with van der Waals surface area (Å²) in [6.45, 7) is 14.1. The van der Waals surface area contributed by atoms with Gasteiger partial charge in [-0.15, -0.1) is 0 Å². The number of ether oxygens (including phenoxy) is 10. The van der Waals surface area contributed by atoms with Crippen molar-refractivity contribution in [1.29, 1.82) is 0 Å². The molecule has 33 atom stereocenters. The number of hydrogen-bond donors (Lipinski definition) is 15. The Labute approximate surface area is 494 Å². The number of esters is 1. The molecule has 85 heavy (non-hydrogen) atoms. The molecule has 488 valence electrons. The highest BCUT2D eigenvalue weighted by Gasteiger charge is 2.71. The molecule has 33 unspecified atom stereocenters. The summed E-state index contributed by atoms with van der Waals surface area (Å²) in [7, 11) is 0. The second-order valence-corrected chi connectivity index (χ2v) is 28.4. The Morgan fingerprint density at radius 1 is 0.529 bits per heavy atom. The van der Waals surface area contributed by atoms with E-state index in [1.54, 1.807) is 0 Å². The van der Waals surface area contributed by atoms with Gasteiger partial charge < -0.3 is 124 Å². The van der Waals surface area contributed by atoms with Crippen molar-refractivity contribution < 1.29 is 129 Å². The molecule has 0 aromatic rings. The maximum Gasteiger partial charge on any atom is 0.315 e. The first-order valence-corrected chi connectivity index (χ1v) is 30.6. The molecular formula is C59H96O26. The molecule has 0 aromatic carbocycles.